The van der Waals surface area contributed by atoms with Crippen molar-refractivity contribution >= 4 is 5.91 Å². The average molecular weight is 145 g/mol. The van der Waals surface area contributed by atoms with Gasteiger partial charge in [0.1, 0.15) is 0 Å². The van der Waals surface area contributed by atoms with E-state index in [9.17, 15) is 4.79 Å². The maximum Gasteiger partial charge on any atom is 0.222 e. The van der Waals surface area contributed by atoms with Crippen molar-refractivity contribution in [3.8, 4) is 0 Å². The second-order valence-electron chi connectivity index (χ2n) is 1.95. The minimum atomic E-state index is -0.0471. The first-order valence-electron chi connectivity index (χ1n) is 3.36. The Morgan fingerprint density at radius 1 is 1.70 bits per heavy atom. The van der Waals surface area contributed by atoms with Gasteiger partial charge in [0.25, 0.3) is 0 Å². The van der Waals surface area contributed by atoms with Gasteiger partial charge in [-0.15, -0.1) is 5.90 Å². The van der Waals surface area contributed by atoms with Crippen LogP contribution in [0.1, 0.15) is 19.8 Å². The van der Waals surface area contributed by atoms with Crippen LogP contribution in [0.5, 0.6) is 0 Å². The van der Waals surface area contributed by atoms with E-state index in [0.29, 0.717) is 6.54 Å². The molecular weight excluding hydrogens is 132 g/mol. The molecule has 0 unspecified atom stereocenters. The fourth-order valence-corrected chi connectivity index (χ4v) is 0.497. The van der Waals surface area contributed by atoms with Crippen molar-refractivity contribution in [2.24, 2.45) is 0 Å². The van der Waals surface area contributed by atoms with Crippen LogP contribution in [0.4, 0.5) is 0 Å². The lowest BCUT2D eigenvalue weighted by atomic mass is 10.4. The van der Waals surface area contributed by atoms with Crippen LogP contribution in [0.3, 0.4) is 0 Å². The van der Waals surface area contributed by atoms with Crippen LogP contribution in [-0.4, -0.2) is 19.1 Å². The summed E-state index contributed by atoms with van der Waals surface area (Å²) in [5.41, 5.74) is 0. The molecule has 4 nitrogen and oxygen atoms in total. The molecule has 0 bridgehead atoms. The van der Waals surface area contributed by atoms with E-state index in [0.717, 1.165) is 6.42 Å². The highest BCUT2D eigenvalue weighted by molar-refractivity contribution is 5.75. The quantitative estimate of drug-likeness (QED) is 0.558. The molecule has 0 atom stereocenters. The Labute approximate surface area is 60.7 Å². The average Bonchev–Trinajstić information content (AvgIpc) is 1.97. The molecule has 1 radical (unpaired) electrons. The summed E-state index contributed by atoms with van der Waals surface area (Å²) in [4.78, 5) is 14.7. The summed E-state index contributed by atoms with van der Waals surface area (Å²) >= 11 is 0. The van der Waals surface area contributed by atoms with Crippen LogP contribution in [0, 0.1) is 0 Å². The van der Waals surface area contributed by atoms with Crippen LogP contribution in [0.25, 0.3) is 0 Å². The van der Waals surface area contributed by atoms with E-state index in [2.05, 4.69) is 10.2 Å². The molecule has 0 aromatic heterocycles. The monoisotopic (exact) mass is 145 g/mol. The zero-order valence-corrected chi connectivity index (χ0v) is 6.14. The molecule has 0 heterocycles. The second-order valence-corrected chi connectivity index (χ2v) is 1.95. The summed E-state index contributed by atoms with van der Waals surface area (Å²) in [6.45, 7) is 2.87. The molecule has 2 N–H and O–H groups in total. The molecule has 0 aliphatic rings. The molecule has 0 spiro atoms. The lowest BCUT2D eigenvalue weighted by molar-refractivity contribution is -0.122. The Kier molecular flexibility index (Phi) is 6.11. The predicted octanol–water partition coefficient (Wildman–Crippen LogP) is 0.117. The molecule has 0 fully saturated rings. The minimum Gasteiger partial charge on any atom is -0.356 e. The van der Waals surface area contributed by atoms with E-state index in [1.165, 1.54) is 0 Å². The van der Waals surface area contributed by atoms with Crippen LogP contribution in [0.2, 0.25) is 0 Å². The zero-order valence-electron chi connectivity index (χ0n) is 6.14. The van der Waals surface area contributed by atoms with Gasteiger partial charge in [0, 0.05) is 6.54 Å². The second kappa shape index (κ2) is 6.51. The third kappa shape index (κ3) is 5.53. The first kappa shape index (κ1) is 9.39. The Morgan fingerprint density at radius 3 is 2.90 bits per heavy atom. The molecule has 0 saturated carbocycles. The molecule has 1 amide bonds. The van der Waals surface area contributed by atoms with Gasteiger partial charge in [0.15, 0.2) is 0 Å². The van der Waals surface area contributed by atoms with E-state index in [1.807, 2.05) is 6.92 Å². The van der Waals surface area contributed by atoms with Crippen molar-refractivity contribution in [1.82, 2.24) is 11.2 Å². The molecule has 0 saturated heterocycles. The number of carbonyl (C=O) groups is 1. The van der Waals surface area contributed by atoms with Crippen molar-refractivity contribution in [1.29, 1.82) is 0 Å². The fraction of sp³-hybridized carbons (Fsp3) is 0.833. The van der Waals surface area contributed by atoms with Gasteiger partial charge >= 0.3 is 0 Å². The summed E-state index contributed by atoms with van der Waals surface area (Å²) in [5.74, 6) is 6.25. The smallest absolute Gasteiger partial charge is 0.222 e. The van der Waals surface area contributed by atoms with Crippen LogP contribution >= 0.6 is 0 Å². The van der Waals surface area contributed by atoms with Crippen LogP contribution in [-0.2, 0) is 9.63 Å². The van der Waals surface area contributed by atoms with Gasteiger partial charge in [0.2, 0.25) is 5.91 Å². The predicted molar refractivity (Wildman–Crippen MR) is 37.0 cm³/mol. The molecule has 0 aliphatic carbocycles. The first-order chi connectivity index (χ1) is 4.81. The summed E-state index contributed by atoms with van der Waals surface area (Å²) < 4.78 is 0. The Bertz CT molecular complexity index is 85.7. The van der Waals surface area contributed by atoms with Crippen molar-refractivity contribution < 1.29 is 9.63 Å². The zero-order chi connectivity index (χ0) is 7.82. The summed E-state index contributed by atoms with van der Waals surface area (Å²) in [6, 6.07) is 0. The highest BCUT2D eigenvalue weighted by atomic mass is 16.6. The lowest BCUT2D eigenvalue weighted by Gasteiger charge is -2.00. The van der Waals surface area contributed by atoms with Gasteiger partial charge in [0.05, 0.1) is 13.0 Å². The van der Waals surface area contributed by atoms with E-state index in [-0.39, 0.29) is 18.9 Å². The largest absolute Gasteiger partial charge is 0.356 e. The van der Waals surface area contributed by atoms with E-state index in [1.54, 1.807) is 0 Å². The fourth-order valence-electron chi connectivity index (χ4n) is 0.497. The summed E-state index contributed by atoms with van der Waals surface area (Å²) in [7, 11) is 0. The van der Waals surface area contributed by atoms with Crippen LogP contribution < -0.4 is 11.2 Å². The van der Waals surface area contributed by atoms with Gasteiger partial charge in [-0.1, -0.05) is 6.92 Å². The lowest BCUT2D eigenvalue weighted by Crippen LogP contribution is -2.24. The summed E-state index contributed by atoms with van der Waals surface area (Å²) in [6.07, 6.45) is 1.22. The molecule has 0 aliphatic heterocycles. The van der Waals surface area contributed by atoms with Gasteiger partial charge in [-0.2, -0.15) is 0 Å². The molecule has 0 rings (SSSR count). The number of nitrogens with one attached hydrogen (secondary N) is 2. The van der Waals surface area contributed by atoms with E-state index < -0.39 is 0 Å². The number of hydrogen-bond acceptors (Lipinski definition) is 2. The van der Waals surface area contributed by atoms with Crippen molar-refractivity contribution in [2.45, 2.75) is 19.8 Å². The van der Waals surface area contributed by atoms with Gasteiger partial charge < -0.3 is 5.32 Å². The van der Waals surface area contributed by atoms with Gasteiger partial charge in [-0.3, -0.25) is 9.63 Å². The number of rotatable bonds is 5. The standard InChI is InChI=1S/C6H13N2O2/c1-2-4-8-6(9)3-5-10-7/h7H,2-5H2,1H3,(H,8,9). The maximum atomic E-state index is 10.7. The minimum absolute atomic E-state index is 0.0471. The molecule has 0 aromatic rings. The maximum absolute atomic E-state index is 10.7. The topological polar surface area (TPSA) is 62.1 Å². The SMILES string of the molecule is CCCNC(=O)CCO[NH]. The van der Waals surface area contributed by atoms with Gasteiger partial charge in [-0.05, 0) is 6.42 Å². The van der Waals surface area contributed by atoms with Crippen molar-refractivity contribution in [2.75, 3.05) is 13.2 Å². The Balaban J connectivity index is 3.09. The van der Waals surface area contributed by atoms with Crippen molar-refractivity contribution in [3.05, 3.63) is 0 Å². The molecule has 4 heteroatoms. The normalized spacial score (nSPS) is 9.40. The third-order valence-corrected chi connectivity index (χ3v) is 1.00. The van der Waals surface area contributed by atoms with E-state index >= 15 is 0 Å². The number of amides is 1. The summed E-state index contributed by atoms with van der Waals surface area (Å²) in [5, 5.41) is 2.66. The number of carbonyl (C=O) groups excluding carboxylic acids is 1. The first-order valence-corrected chi connectivity index (χ1v) is 3.36. The van der Waals surface area contributed by atoms with E-state index in [4.69, 9.17) is 5.90 Å². The Morgan fingerprint density at radius 2 is 2.40 bits per heavy atom. The third-order valence-electron chi connectivity index (χ3n) is 1.00. The highest BCUT2D eigenvalue weighted by Crippen LogP contribution is 1.79. The Hall–Kier alpha value is -0.610. The molecule has 0 aromatic carbocycles. The number of hydrogen-bond donors (Lipinski definition) is 1. The van der Waals surface area contributed by atoms with Crippen molar-refractivity contribution in [3.63, 3.8) is 0 Å². The van der Waals surface area contributed by atoms with Gasteiger partial charge in [-0.25, -0.2) is 0 Å². The molecule has 10 heavy (non-hydrogen) atoms. The molecular formula is C6H13N2O2. The molecule has 59 valence electrons. The highest BCUT2D eigenvalue weighted by Gasteiger charge is 1.97. The van der Waals surface area contributed by atoms with Crippen LogP contribution in [0.15, 0.2) is 0 Å².